The van der Waals surface area contributed by atoms with E-state index in [1.165, 1.54) is 10.6 Å². The third-order valence-electron chi connectivity index (χ3n) is 4.63. The molecular formula is C15H24N4O4S. The van der Waals surface area contributed by atoms with Crippen LogP contribution in [0.1, 0.15) is 37.6 Å². The maximum Gasteiger partial charge on any atom is 0.252 e. The van der Waals surface area contributed by atoms with E-state index in [9.17, 15) is 13.2 Å². The summed E-state index contributed by atoms with van der Waals surface area (Å²) in [5.74, 6) is -0.124. The molecule has 8 nitrogen and oxygen atoms in total. The zero-order valence-electron chi connectivity index (χ0n) is 14.1. The molecule has 0 aliphatic carbocycles. The molecule has 1 atom stereocenters. The molecule has 0 saturated carbocycles. The fourth-order valence-electron chi connectivity index (χ4n) is 3.18. The van der Waals surface area contributed by atoms with Gasteiger partial charge in [0.15, 0.2) is 0 Å². The number of aryl methyl sites for hydroxylation is 1. The third-order valence-corrected chi connectivity index (χ3v) is 5.88. The Balaban J connectivity index is 1.66. The van der Waals surface area contributed by atoms with E-state index in [1.54, 1.807) is 0 Å². The van der Waals surface area contributed by atoms with E-state index in [2.05, 4.69) is 10.4 Å². The normalized spacial score (nSPS) is 25.2. The van der Waals surface area contributed by atoms with Gasteiger partial charge in [0.25, 0.3) is 5.91 Å². The van der Waals surface area contributed by atoms with Gasteiger partial charge < -0.3 is 10.1 Å². The molecule has 0 spiro atoms. The Morgan fingerprint density at radius 1 is 1.42 bits per heavy atom. The molecule has 1 aromatic rings. The first-order valence-corrected chi connectivity index (χ1v) is 10.1. The number of carbonyl (C=O) groups excluding carboxylic acids is 1. The van der Waals surface area contributed by atoms with Gasteiger partial charge in [0.1, 0.15) is 5.60 Å². The van der Waals surface area contributed by atoms with Crippen LogP contribution in [0.5, 0.6) is 0 Å². The van der Waals surface area contributed by atoms with Crippen molar-refractivity contribution in [3.05, 3.63) is 17.5 Å². The van der Waals surface area contributed by atoms with E-state index >= 15 is 0 Å². The summed E-state index contributed by atoms with van der Waals surface area (Å²) in [5.41, 5.74) is 0.838. The molecule has 0 unspecified atom stereocenters. The molecule has 3 rings (SSSR count). The van der Waals surface area contributed by atoms with E-state index in [-0.39, 0.29) is 5.91 Å². The van der Waals surface area contributed by atoms with Crippen molar-refractivity contribution in [2.24, 2.45) is 0 Å². The minimum absolute atomic E-state index is 0.124. The molecule has 24 heavy (non-hydrogen) atoms. The van der Waals surface area contributed by atoms with Crippen molar-refractivity contribution in [2.45, 2.75) is 51.4 Å². The smallest absolute Gasteiger partial charge is 0.252 e. The molecule has 1 aromatic heterocycles. The van der Waals surface area contributed by atoms with E-state index in [1.807, 2.05) is 17.7 Å². The van der Waals surface area contributed by atoms with Crippen molar-refractivity contribution >= 4 is 15.9 Å². The summed E-state index contributed by atoms with van der Waals surface area (Å²) in [5, 5.41) is 7.36. The highest BCUT2D eigenvalue weighted by Crippen LogP contribution is 2.25. The molecule has 9 heteroatoms. The van der Waals surface area contributed by atoms with Gasteiger partial charge in [-0.2, -0.15) is 9.40 Å². The Bertz CT molecular complexity index is 722. The first-order valence-electron chi connectivity index (χ1n) is 8.21. The largest absolute Gasteiger partial charge is 0.365 e. The summed E-state index contributed by atoms with van der Waals surface area (Å²) < 4.78 is 32.4. The average molecular weight is 356 g/mol. The Kier molecular flexibility index (Phi) is 4.67. The second-order valence-electron chi connectivity index (χ2n) is 6.67. The fraction of sp³-hybridized carbons (Fsp3) is 0.733. The van der Waals surface area contributed by atoms with Gasteiger partial charge >= 0.3 is 0 Å². The molecule has 0 bridgehead atoms. The standard InChI is InChI=1S/C15H24N4O4S/c1-15(5-3-8-23-15)14(20)16-10-12-9-13-11-18(24(2,21)22)6-4-7-19(13)17-12/h9H,3-8,10-11H2,1-2H3,(H,16,20)/t15-/m0/s1. The van der Waals surface area contributed by atoms with Crippen LogP contribution in [-0.4, -0.2) is 53.4 Å². The SMILES string of the molecule is C[C@@]1(C(=O)NCc2cc3n(n2)CCCN(S(C)(=O)=O)C3)CCCO1. The number of aromatic nitrogens is 2. The molecule has 0 radical (unpaired) electrons. The van der Waals surface area contributed by atoms with Crippen molar-refractivity contribution < 1.29 is 17.9 Å². The van der Waals surface area contributed by atoms with E-state index in [0.717, 1.165) is 30.7 Å². The number of nitrogens with one attached hydrogen (secondary N) is 1. The van der Waals surface area contributed by atoms with Crippen LogP contribution in [-0.2, 0) is 39.2 Å². The average Bonchev–Trinajstić information content (AvgIpc) is 3.06. The quantitative estimate of drug-likeness (QED) is 0.834. The molecule has 2 aliphatic rings. The molecule has 1 amide bonds. The summed E-state index contributed by atoms with van der Waals surface area (Å²) >= 11 is 0. The van der Waals surface area contributed by atoms with Gasteiger partial charge in [-0.25, -0.2) is 8.42 Å². The Hall–Kier alpha value is -1.45. The number of ether oxygens (including phenoxy) is 1. The lowest BCUT2D eigenvalue weighted by Gasteiger charge is -2.21. The van der Waals surface area contributed by atoms with Gasteiger partial charge in [-0.05, 0) is 32.3 Å². The predicted octanol–water partition coefficient (Wildman–Crippen LogP) is 0.234. The number of sulfonamides is 1. The second kappa shape index (κ2) is 6.45. The topological polar surface area (TPSA) is 93.5 Å². The molecule has 1 saturated heterocycles. The minimum atomic E-state index is -3.22. The number of fused-ring (bicyclic) bond motifs is 1. The third kappa shape index (κ3) is 3.62. The number of amides is 1. The molecular weight excluding hydrogens is 332 g/mol. The lowest BCUT2D eigenvalue weighted by molar-refractivity contribution is -0.139. The monoisotopic (exact) mass is 356 g/mol. The van der Waals surface area contributed by atoms with E-state index in [0.29, 0.717) is 32.8 Å². The highest BCUT2D eigenvalue weighted by Gasteiger charge is 2.37. The van der Waals surface area contributed by atoms with Crippen molar-refractivity contribution in [2.75, 3.05) is 19.4 Å². The number of carbonyl (C=O) groups is 1. The van der Waals surface area contributed by atoms with Crippen LogP contribution >= 0.6 is 0 Å². The number of hydrogen-bond acceptors (Lipinski definition) is 5. The minimum Gasteiger partial charge on any atom is -0.365 e. The molecule has 3 heterocycles. The first-order chi connectivity index (χ1) is 11.3. The summed E-state index contributed by atoms with van der Waals surface area (Å²) in [6.07, 6.45) is 3.56. The summed E-state index contributed by atoms with van der Waals surface area (Å²) in [6, 6.07) is 1.86. The van der Waals surface area contributed by atoms with Crippen LogP contribution in [0.25, 0.3) is 0 Å². The maximum atomic E-state index is 12.3. The van der Waals surface area contributed by atoms with Crippen molar-refractivity contribution in [3.63, 3.8) is 0 Å². The number of nitrogens with zero attached hydrogens (tertiary/aromatic N) is 3. The molecule has 1 N–H and O–H groups in total. The van der Waals surface area contributed by atoms with Crippen LogP contribution in [0.2, 0.25) is 0 Å². The highest BCUT2D eigenvalue weighted by molar-refractivity contribution is 7.88. The van der Waals surface area contributed by atoms with E-state index < -0.39 is 15.6 Å². The first kappa shape index (κ1) is 17.4. The van der Waals surface area contributed by atoms with Crippen molar-refractivity contribution in [1.82, 2.24) is 19.4 Å². The van der Waals surface area contributed by atoms with Crippen LogP contribution in [0.15, 0.2) is 6.07 Å². The maximum absolute atomic E-state index is 12.3. The summed E-state index contributed by atoms with van der Waals surface area (Å²) in [4.78, 5) is 12.3. The zero-order chi connectivity index (χ0) is 17.4. The number of hydrogen-bond donors (Lipinski definition) is 1. The van der Waals surface area contributed by atoms with Crippen LogP contribution in [0.3, 0.4) is 0 Å². The predicted molar refractivity (Wildman–Crippen MR) is 87.5 cm³/mol. The van der Waals surface area contributed by atoms with Gasteiger partial charge in [0.05, 0.1) is 30.7 Å². The second-order valence-corrected chi connectivity index (χ2v) is 8.65. The molecule has 0 aromatic carbocycles. The van der Waals surface area contributed by atoms with Crippen LogP contribution < -0.4 is 5.32 Å². The van der Waals surface area contributed by atoms with Gasteiger partial charge in [-0.1, -0.05) is 0 Å². The lowest BCUT2D eigenvalue weighted by Crippen LogP contribution is -2.43. The van der Waals surface area contributed by atoms with Gasteiger partial charge in [-0.3, -0.25) is 9.48 Å². The Labute approximate surface area is 142 Å². The van der Waals surface area contributed by atoms with Crippen molar-refractivity contribution in [3.8, 4) is 0 Å². The lowest BCUT2D eigenvalue weighted by atomic mass is 10.0. The summed E-state index contributed by atoms with van der Waals surface area (Å²) in [7, 11) is -3.22. The zero-order valence-corrected chi connectivity index (χ0v) is 14.9. The molecule has 2 aliphatic heterocycles. The van der Waals surface area contributed by atoms with Crippen LogP contribution in [0, 0.1) is 0 Å². The van der Waals surface area contributed by atoms with Gasteiger partial charge in [-0.15, -0.1) is 0 Å². The fourth-order valence-corrected chi connectivity index (χ4v) is 4.01. The van der Waals surface area contributed by atoms with E-state index in [4.69, 9.17) is 4.74 Å². The summed E-state index contributed by atoms with van der Waals surface area (Å²) in [6.45, 7) is 4.24. The Morgan fingerprint density at radius 2 is 2.21 bits per heavy atom. The molecule has 134 valence electrons. The highest BCUT2D eigenvalue weighted by atomic mass is 32.2. The number of rotatable bonds is 4. The molecule has 1 fully saturated rings. The van der Waals surface area contributed by atoms with Crippen LogP contribution in [0.4, 0.5) is 0 Å². The van der Waals surface area contributed by atoms with Gasteiger partial charge in [0.2, 0.25) is 10.0 Å². The van der Waals surface area contributed by atoms with Gasteiger partial charge in [0, 0.05) is 19.7 Å². The Morgan fingerprint density at radius 3 is 2.88 bits per heavy atom. The van der Waals surface area contributed by atoms with Crippen molar-refractivity contribution in [1.29, 1.82) is 0 Å².